The second-order valence-corrected chi connectivity index (χ2v) is 2.73. The fourth-order valence-corrected chi connectivity index (χ4v) is 0.931. The van der Waals surface area contributed by atoms with Crippen LogP contribution in [0.25, 0.3) is 0 Å². The molecule has 0 saturated heterocycles. The molecule has 0 aliphatic carbocycles. The van der Waals surface area contributed by atoms with Crippen molar-refractivity contribution in [1.82, 2.24) is 9.78 Å². The lowest BCUT2D eigenvalue weighted by Gasteiger charge is -1.92. The quantitative estimate of drug-likeness (QED) is 0.529. The second-order valence-electron chi connectivity index (χ2n) is 2.73. The third kappa shape index (κ3) is 1.84. The van der Waals surface area contributed by atoms with Crippen LogP contribution in [0.3, 0.4) is 0 Å². The smallest absolute Gasteiger partial charge is 0.106 e. The van der Waals surface area contributed by atoms with Gasteiger partial charge in [0, 0.05) is 13.5 Å². The summed E-state index contributed by atoms with van der Waals surface area (Å²) in [6, 6.07) is 0. The molecular weight excluding hydrogens is 152 g/mol. The van der Waals surface area contributed by atoms with Gasteiger partial charge in [-0.25, -0.2) is 4.99 Å². The minimum atomic E-state index is 0.645. The first kappa shape index (κ1) is 8.77. The minimum absolute atomic E-state index is 0.645. The standard InChI is InChI=1S/C8H14N4/c1-4-8(9)10-7-5-12(3)11-6(7)2/h5H,4H2,1-3H3,(H2,9,10). The van der Waals surface area contributed by atoms with E-state index in [1.54, 1.807) is 4.68 Å². The number of aliphatic imine (C=N–C) groups is 1. The summed E-state index contributed by atoms with van der Waals surface area (Å²) in [6.45, 7) is 3.90. The Bertz CT molecular complexity index is 298. The number of amidine groups is 1. The highest BCUT2D eigenvalue weighted by Gasteiger charge is 2.00. The minimum Gasteiger partial charge on any atom is -0.387 e. The molecule has 12 heavy (non-hydrogen) atoms. The van der Waals surface area contributed by atoms with Gasteiger partial charge in [-0.2, -0.15) is 5.10 Å². The zero-order chi connectivity index (χ0) is 9.14. The van der Waals surface area contributed by atoms with Gasteiger partial charge in [-0.1, -0.05) is 6.92 Å². The number of aromatic nitrogens is 2. The number of hydrogen-bond donors (Lipinski definition) is 1. The first-order valence-electron chi connectivity index (χ1n) is 3.96. The van der Waals surface area contributed by atoms with E-state index in [1.807, 2.05) is 27.1 Å². The molecule has 0 amide bonds. The number of nitrogens with zero attached hydrogens (tertiary/aromatic N) is 3. The molecule has 0 aliphatic rings. The SMILES string of the molecule is CCC(N)=Nc1cn(C)nc1C. The highest BCUT2D eigenvalue weighted by atomic mass is 15.3. The molecule has 4 nitrogen and oxygen atoms in total. The number of aryl methyl sites for hydroxylation is 2. The predicted molar refractivity (Wildman–Crippen MR) is 49.5 cm³/mol. The van der Waals surface area contributed by atoms with Crippen LogP contribution in [0.2, 0.25) is 0 Å². The molecule has 1 heterocycles. The summed E-state index contributed by atoms with van der Waals surface area (Å²) in [4.78, 5) is 4.21. The van der Waals surface area contributed by atoms with Crippen LogP contribution >= 0.6 is 0 Å². The van der Waals surface area contributed by atoms with Crippen molar-refractivity contribution in [2.45, 2.75) is 20.3 Å². The zero-order valence-corrected chi connectivity index (χ0v) is 7.70. The molecule has 1 aromatic heterocycles. The molecular formula is C8H14N4. The van der Waals surface area contributed by atoms with Gasteiger partial charge in [0.25, 0.3) is 0 Å². The van der Waals surface area contributed by atoms with Gasteiger partial charge in [0.05, 0.1) is 17.7 Å². The third-order valence-corrected chi connectivity index (χ3v) is 1.61. The van der Waals surface area contributed by atoms with E-state index in [2.05, 4.69) is 10.1 Å². The first-order chi connectivity index (χ1) is 5.63. The fourth-order valence-electron chi connectivity index (χ4n) is 0.931. The molecule has 2 N–H and O–H groups in total. The molecule has 0 fully saturated rings. The molecule has 0 aromatic carbocycles. The summed E-state index contributed by atoms with van der Waals surface area (Å²) in [5.41, 5.74) is 7.37. The third-order valence-electron chi connectivity index (χ3n) is 1.61. The topological polar surface area (TPSA) is 56.2 Å². The van der Waals surface area contributed by atoms with Crippen molar-refractivity contribution < 1.29 is 0 Å². The molecule has 66 valence electrons. The van der Waals surface area contributed by atoms with Gasteiger partial charge < -0.3 is 5.73 Å². The Balaban J connectivity index is 2.95. The van der Waals surface area contributed by atoms with Crippen LogP contribution in [-0.4, -0.2) is 15.6 Å². The van der Waals surface area contributed by atoms with Crippen molar-refractivity contribution in [2.75, 3.05) is 0 Å². The zero-order valence-electron chi connectivity index (χ0n) is 7.70. The molecule has 1 rings (SSSR count). The lowest BCUT2D eigenvalue weighted by Crippen LogP contribution is -2.08. The Morgan fingerprint density at radius 3 is 2.83 bits per heavy atom. The van der Waals surface area contributed by atoms with Crippen LogP contribution in [-0.2, 0) is 7.05 Å². The van der Waals surface area contributed by atoms with Crippen molar-refractivity contribution in [2.24, 2.45) is 17.8 Å². The van der Waals surface area contributed by atoms with Crippen LogP contribution in [0.4, 0.5) is 5.69 Å². The number of rotatable bonds is 2. The van der Waals surface area contributed by atoms with Crippen molar-refractivity contribution in [1.29, 1.82) is 0 Å². The molecule has 0 bridgehead atoms. The highest BCUT2D eigenvalue weighted by molar-refractivity contribution is 5.82. The Morgan fingerprint density at radius 1 is 1.75 bits per heavy atom. The lowest BCUT2D eigenvalue weighted by atomic mass is 10.4. The molecule has 1 aromatic rings. The van der Waals surface area contributed by atoms with Gasteiger partial charge in [-0.15, -0.1) is 0 Å². The van der Waals surface area contributed by atoms with Crippen molar-refractivity contribution >= 4 is 11.5 Å². The van der Waals surface area contributed by atoms with Crippen LogP contribution in [0.5, 0.6) is 0 Å². The average molecular weight is 166 g/mol. The average Bonchev–Trinajstić information content (AvgIpc) is 2.30. The van der Waals surface area contributed by atoms with Crippen molar-refractivity contribution in [3.05, 3.63) is 11.9 Å². The summed E-state index contributed by atoms with van der Waals surface area (Å²) < 4.78 is 1.73. The first-order valence-corrected chi connectivity index (χ1v) is 3.96. The monoisotopic (exact) mass is 166 g/mol. The van der Waals surface area contributed by atoms with E-state index in [0.717, 1.165) is 17.8 Å². The lowest BCUT2D eigenvalue weighted by molar-refractivity contribution is 0.756. The Kier molecular flexibility index (Phi) is 2.47. The summed E-state index contributed by atoms with van der Waals surface area (Å²) in [6.07, 6.45) is 2.63. The van der Waals surface area contributed by atoms with E-state index >= 15 is 0 Å². The van der Waals surface area contributed by atoms with Crippen LogP contribution in [0.15, 0.2) is 11.2 Å². The molecule has 0 unspecified atom stereocenters. The van der Waals surface area contributed by atoms with Gasteiger partial charge in [0.1, 0.15) is 5.69 Å². The summed E-state index contributed by atoms with van der Waals surface area (Å²) >= 11 is 0. The van der Waals surface area contributed by atoms with Crippen molar-refractivity contribution in [3.63, 3.8) is 0 Å². The molecule has 0 atom stereocenters. The van der Waals surface area contributed by atoms with E-state index < -0.39 is 0 Å². The Morgan fingerprint density at radius 2 is 2.42 bits per heavy atom. The maximum absolute atomic E-state index is 5.60. The molecule has 0 saturated carbocycles. The normalized spacial score (nSPS) is 12.1. The Labute approximate surface area is 72.1 Å². The van der Waals surface area contributed by atoms with Crippen LogP contribution < -0.4 is 5.73 Å². The summed E-state index contributed by atoms with van der Waals surface area (Å²) in [7, 11) is 1.87. The van der Waals surface area contributed by atoms with Gasteiger partial charge >= 0.3 is 0 Å². The van der Waals surface area contributed by atoms with E-state index in [9.17, 15) is 0 Å². The maximum Gasteiger partial charge on any atom is 0.106 e. The van der Waals surface area contributed by atoms with Crippen LogP contribution in [0.1, 0.15) is 19.0 Å². The molecule has 0 spiro atoms. The summed E-state index contributed by atoms with van der Waals surface area (Å²) in [5.74, 6) is 0.645. The fraction of sp³-hybridized carbons (Fsp3) is 0.500. The number of hydrogen-bond acceptors (Lipinski definition) is 2. The highest BCUT2D eigenvalue weighted by Crippen LogP contribution is 2.15. The van der Waals surface area contributed by atoms with E-state index in [1.165, 1.54) is 0 Å². The largest absolute Gasteiger partial charge is 0.387 e. The van der Waals surface area contributed by atoms with E-state index in [4.69, 9.17) is 5.73 Å². The second kappa shape index (κ2) is 3.38. The van der Waals surface area contributed by atoms with Gasteiger partial charge in [-0.3, -0.25) is 4.68 Å². The van der Waals surface area contributed by atoms with E-state index in [-0.39, 0.29) is 0 Å². The summed E-state index contributed by atoms with van der Waals surface area (Å²) in [5, 5.41) is 4.15. The molecule has 4 heteroatoms. The van der Waals surface area contributed by atoms with Crippen LogP contribution in [0, 0.1) is 6.92 Å². The Hall–Kier alpha value is -1.32. The molecule has 0 radical (unpaired) electrons. The van der Waals surface area contributed by atoms with Gasteiger partial charge in [0.2, 0.25) is 0 Å². The number of nitrogens with two attached hydrogens (primary N) is 1. The maximum atomic E-state index is 5.60. The van der Waals surface area contributed by atoms with Crippen molar-refractivity contribution in [3.8, 4) is 0 Å². The van der Waals surface area contributed by atoms with Gasteiger partial charge in [0.15, 0.2) is 0 Å². The van der Waals surface area contributed by atoms with E-state index in [0.29, 0.717) is 5.84 Å². The van der Waals surface area contributed by atoms with Gasteiger partial charge in [-0.05, 0) is 6.92 Å². The predicted octanol–water partition coefficient (Wildman–Crippen LogP) is 1.13. The molecule has 0 aliphatic heterocycles.